The van der Waals surface area contributed by atoms with Gasteiger partial charge in [-0.1, -0.05) is 6.07 Å². The van der Waals surface area contributed by atoms with Crippen molar-refractivity contribution in [3.05, 3.63) is 35.2 Å². The molecule has 0 aromatic carbocycles. The highest BCUT2D eigenvalue weighted by Gasteiger charge is 2.31. The molecule has 0 amide bonds. The third-order valence-electron chi connectivity index (χ3n) is 2.18. The van der Waals surface area contributed by atoms with E-state index in [4.69, 9.17) is 0 Å². The van der Waals surface area contributed by atoms with Crippen molar-refractivity contribution in [3.63, 3.8) is 0 Å². The van der Waals surface area contributed by atoms with Gasteiger partial charge in [-0.15, -0.1) is 11.3 Å². The molecule has 1 N–H and O–H groups in total. The first-order valence-corrected chi connectivity index (χ1v) is 5.69. The Hall–Kier alpha value is -1.56. The van der Waals surface area contributed by atoms with Crippen LogP contribution in [-0.2, 0) is 6.18 Å². The molecule has 0 aliphatic rings. The number of pyridine rings is 1. The summed E-state index contributed by atoms with van der Waals surface area (Å²) in [6.45, 7) is 0. The van der Waals surface area contributed by atoms with Gasteiger partial charge in [0.15, 0.2) is 0 Å². The molecule has 0 aliphatic heterocycles. The van der Waals surface area contributed by atoms with Crippen molar-refractivity contribution in [3.8, 4) is 10.6 Å². The van der Waals surface area contributed by atoms with E-state index in [1.807, 2.05) is 0 Å². The van der Waals surface area contributed by atoms with Crippen LogP contribution < -0.4 is 5.32 Å². The summed E-state index contributed by atoms with van der Waals surface area (Å²) in [6.07, 6.45) is -4.36. The van der Waals surface area contributed by atoms with Gasteiger partial charge >= 0.3 is 6.18 Å². The van der Waals surface area contributed by atoms with Crippen LogP contribution in [0.15, 0.2) is 29.6 Å². The number of thiophene rings is 1. The van der Waals surface area contributed by atoms with Crippen LogP contribution in [0.3, 0.4) is 0 Å². The summed E-state index contributed by atoms with van der Waals surface area (Å²) in [5.74, 6) is 0.211. The van der Waals surface area contributed by atoms with E-state index in [-0.39, 0.29) is 5.82 Å². The second-order valence-electron chi connectivity index (χ2n) is 3.35. The normalized spacial score (nSPS) is 11.5. The highest BCUT2D eigenvalue weighted by Crippen LogP contribution is 2.34. The smallest absolute Gasteiger partial charge is 0.373 e. The van der Waals surface area contributed by atoms with Crippen molar-refractivity contribution in [2.45, 2.75) is 6.18 Å². The number of hydrogen-bond acceptors (Lipinski definition) is 3. The third-order valence-corrected chi connectivity index (χ3v) is 3.07. The zero-order valence-corrected chi connectivity index (χ0v) is 9.69. The number of hydrogen-bond donors (Lipinski definition) is 1. The van der Waals surface area contributed by atoms with E-state index in [0.29, 0.717) is 10.6 Å². The van der Waals surface area contributed by atoms with E-state index in [0.717, 1.165) is 12.1 Å². The van der Waals surface area contributed by atoms with Crippen LogP contribution in [0, 0.1) is 0 Å². The maximum atomic E-state index is 12.7. The lowest BCUT2D eigenvalue weighted by Crippen LogP contribution is -2.07. The number of rotatable bonds is 2. The molecule has 2 aromatic rings. The second-order valence-corrected chi connectivity index (χ2v) is 4.30. The molecule has 0 saturated carbocycles. The molecule has 0 atom stereocenters. The molecular weight excluding hydrogens is 249 g/mol. The minimum Gasteiger partial charge on any atom is -0.373 e. The van der Waals surface area contributed by atoms with Gasteiger partial charge in [0.1, 0.15) is 5.82 Å². The molecule has 0 saturated heterocycles. The van der Waals surface area contributed by atoms with Gasteiger partial charge in [0, 0.05) is 7.05 Å². The quantitative estimate of drug-likeness (QED) is 0.884. The molecule has 90 valence electrons. The maximum absolute atomic E-state index is 12.7. The maximum Gasteiger partial charge on any atom is 0.416 e. The van der Waals surface area contributed by atoms with Gasteiger partial charge in [-0.05, 0) is 23.6 Å². The molecular formula is C11H9F3N2S. The summed E-state index contributed by atoms with van der Waals surface area (Å²) in [5.41, 5.74) is -0.362. The minimum atomic E-state index is -4.36. The Bertz CT molecular complexity index is 506. The predicted octanol–water partition coefficient (Wildman–Crippen LogP) is 3.87. The van der Waals surface area contributed by atoms with Gasteiger partial charge in [-0.25, -0.2) is 4.98 Å². The molecule has 0 fully saturated rings. The Labute approximate surface area is 100 Å². The van der Waals surface area contributed by atoms with Crippen LogP contribution in [0.4, 0.5) is 19.0 Å². The molecule has 0 aliphatic carbocycles. The fourth-order valence-corrected chi connectivity index (χ4v) is 2.06. The molecule has 2 rings (SSSR count). The van der Waals surface area contributed by atoms with Crippen LogP contribution >= 0.6 is 11.3 Å². The SMILES string of the molecule is CNc1cc(C(F)(F)F)cc(-c2cccs2)n1. The monoisotopic (exact) mass is 258 g/mol. The van der Waals surface area contributed by atoms with Crippen molar-refractivity contribution in [2.24, 2.45) is 0 Å². The predicted molar refractivity (Wildman–Crippen MR) is 62.1 cm³/mol. The first-order valence-electron chi connectivity index (χ1n) is 4.81. The van der Waals surface area contributed by atoms with Crippen LogP contribution in [0.2, 0.25) is 0 Å². The summed E-state index contributed by atoms with van der Waals surface area (Å²) >= 11 is 1.36. The average molecular weight is 258 g/mol. The highest BCUT2D eigenvalue weighted by molar-refractivity contribution is 7.13. The number of anilines is 1. The lowest BCUT2D eigenvalue weighted by atomic mass is 10.2. The second kappa shape index (κ2) is 4.37. The van der Waals surface area contributed by atoms with Crippen molar-refractivity contribution >= 4 is 17.2 Å². The van der Waals surface area contributed by atoms with E-state index in [2.05, 4.69) is 10.3 Å². The standard InChI is InChI=1S/C11H9F3N2S/c1-15-10-6-7(11(12,13)14)5-8(16-10)9-3-2-4-17-9/h2-6H,1H3,(H,15,16). The van der Waals surface area contributed by atoms with E-state index >= 15 is 0 Å². The Kier molecular flexibility index (Phi) is 3.06. The molecule has 0 radical (unpaired) electrons. The van der Waals surface area contributed by atoms with Crippen LogP contribution in [0.25, 0.3) is 10.6 Å². The van der Waals surface area contributed by atoms with Crippen molar-refractivity contribution in [1.29, 1.82) is 0 Å². The first kappa shape index (κ1) is 11.9. The molecule has 17 heavy (non-hydrogen) atoms. The molecule has 6 heteroatoms. The Morgan fingerprint density at radius 2 is 2.06 bits per heavy atom. The van der Waals surface area contributed by atoms with E-state index < -0.39 is 11.7 Å². The molecule has 0 bridgehead atoms. The number of alkyl halides is 3. The number of nitrogens with zero attached hydrogens (tertiary/aromatic N) is 1. The van der Waals surface area contributed by atoms with Crippen LogP contribution in [0.1, 0.15) is 5.56 Å². The van der Waals surface area contributed by atoms with Crippen LogP contribution in [-0.4, -0.2) is 12.0 Å². The van der Waals surface area contributed by atoms with Gasteiger partial charge < -0.3 is 5.32 Å². The Balaban J connectivity index is 2.54. The van der Waals surface area contributed by atoms with Gasteiger partial charge in [0.25, 0.3) is 0 Å². The third kappa shape index (κ3) is 2.58. The van der Waals surface area contributed by atoms with Crippen molar-refractivity contribution in [2.75, 3.05) is 12.4 Å². The molecule has 2 aromatic heterocycles. The highest BCUT2D eigenvalue weighted by atomic mass is 32.1. The molecule has 2 nitrogen and oxygen atoms in total. The van der Waals surface area contributed by atoms with Crippen molar-refractivity contribution in [1.82, 2.24) is 4.98 Å². The largest absolute Gasteiger partial charge is 0.416 e. The summed E-state index contributed by atoms with van der Waals surface area (Å²) in [4.78, 5) is 4.82. The summed E-state index contributed by atoms with van der Waals surface area (Å²) < 4.78 is 38.0. The van der Waals surface area contributed by atoms with Crippen LogP contribution in [0.5, 0.6) is 0 Å². The topological polar surface area (TPSA) is 24.9 Å². The van der Waals surface area contributed by atoms with Crippen molar-refractivity contribution < 1.29 is 13.2 Å². The van der Waals surface area contributed by atoms with Gasteiger partial charge in [0.05, 0.1) is 16.1 Å². The molecule has 0 unspecified atom stereocenters. The Morgan fingerprint density at radius 3 is 2.59 bits per heavy atom. The fourth-order valence-electron chi connectivity index (χ4n) is 1.37. The fraction of sp³-hybridized carbons (Fsp3) is 0.182. The average Bonchev–Trinajstić information content (AvgIpc) is 2.80. The zero-order chi connectivity index (χ0) is 12.5. The van der Waals surface area contributed by atoms with E-state index in [1.54, 1.807) is 24.6 Å². The molecule has 0 spiro atoms. The van der Waals surface area contributed by atoms with E-state index in [9.17, 15) is 13.2 Å². The lowest BCUT2D eigenvalue weighted by molar-refractivity contribution is -0.137. The summed E-state index contributed by atoms with van der Waals surface area (Å²) in [6, 6.07) is 5.58. The summed E-state index contributed by atoms with van der Waals surface area (Å²) in [7, 11) is 1.54. The zero-order valence-electron chi connectivity index (χ0n) is 8.88. The number of halogens is 3. The first-order chi connectivity index (χ1) is 8.00. The number of aromatic nitrogens is 1. The van der Waals surface area contributed by atoms with Gasteiger partial charge in [-0.3, -0.25) is 0 Å². The summed E-state index contributed by atoms with van der Waals surface area (Å²) in [5, 5.41) is 4.44. The Morgan fingerprint density at radius 1 is 1.29 bits per heavy atom. The molecule has 2 heterocycles. The van der Waals surface area contributed by atoms with E-state index in [1.165, 1.54) is 11.3 Å². The van der Waals surface area contributed by atoms with Gasteiger partial charge in [0.2, 0.25) is 0 Å². The minimum absolute atomic E-state index is 0.211. The van der Waals surface area contributed by atoms with Gasteiger partial charge in [-0.2, -0.15) is 13.2 Å². The lowest BCUT2D eigenvalue weighted by Gasteiger charge is -2.10. The number of nitrogens with one attached hydrogen (secondary N) is 1.